The second kappa shape index (κ2) is 5.36. The molecule has 3 unspecified atom stereocenters. The van der Waals surface area contributed by atoms with Crippen LogP contribution in [-0.4, -0.2) is 28.9 Å². The maximum atomic E-state index is 12.1. The van der Waals surface area contributed by atoms with Gasteiger partial charge in [-0.15, -0.1) is 0 Å². The molecular weight excluding hydrogens is 232 g/mol. The van der Waals surface area contributed by atoms with E-state index in [1.54, 1.807) is 0 Å². The molecule has 0 aromatic rings. The van der Waals surface area contributed by atoms with Crippen LogP contribution in [0, 0.1) is 17.3 Å². The van der Waals surface area contributed by atoms with E-state index in [0.29, 0.717) is 12.8 Å². The van der Waals surface area contributed by atoms with Crippen molar-refractivity contribution in [3.05, 3.63) is 0 Å². The van der Waals surface area contributed by atoms with Crippen LogP contribution in [0.4, 0.5) is 0 Å². The zero-order valence-electron chi connectivity index (χ0n) is 11.3. The van der Waals surface area contributed by atoms with Gasteiger partial charge in [-0.25, -0.2) is 0 Å². The molecule has 0 spiro atoms. The first kappa shape index (κ1) is 15.1. The minimum absolute atomic E-state index is 0.0622. The van der Waals surface area contributed by atoms with E-state index in [1.807, 2.05) is 20.8 Å². The van der Waals surface area contributed by atoms with Gasteiger partial charge in [0.15, 0.2) is 0 Å². The number of carbonyl (C=O) groups excluding carboxylic acids is 2. The van der Waals surface area contributed by atoms with E-state index in [1.165, 1.54) is 0 Å². The monoisotopic (exact) mass is 256 g/mol. The highest BCUT2D eigenvalue weighted by Gasteiger charge is 2.39. The van der Waals surface area contributed by atoms with Gasteiger partial charge in [-0.1, -0.05) is 20.8 Å². The largest absolute Gasteiger partial charge is 0.393 e. The van der Waals surface area contributed by atoms with Crippen LogP contribution in [0.25, 0.3) is 0 Å². The molecule has 5 N–H and O–H groups in total. The number of ketones is 1. The van der Waals surface area contributed by atoms with Crippen molar-refractivity contribution in [2.24, 2.45) is 28.7 Å². The summed E-state index contributed by atoms with van der Waals surface area (Å²) in [4.78, 5) is 23.3. The average Bonchev–Trinajstić information content (AvgIpc) is 2.57. The molecule has 1 fully saturated rings. The lowest BCUT2D eigenvalue weighted by molar-refractivity contribution is -0.125. The highest BCUT2D eigenvalue weighted by atomic mass is 16.3. The van der Waals surface area contributed by atoms with Crippen molar-refractivity contribution in [2.45, 2.75) is 52.2 Å². The van der Waals surface area contributed by atoms with Gasteiger partial charge in [-0.3, -0.25) is 9.59 Å². The molecule has 1 aliphatic carbocycles. The van der Waals surface area contributed by atoms with Crippen molar-refractivity contribution >= 4 is 11.7 Å². The van der Waals surface area contributed by atoms with Gasteiger partial charge < -0.3 is 16.6 Å². The smallest absolute Gasteiger partial charge is 0.220 e. The van der Waals surface area contributed by atoms with Crippen molar-refractivity contribution < 1.29 is 14.7 Å². The van der Waals surface area contributed by atoms with Gasteiger partial charge in [-0.2, -0.15) is 0 Å². The predicted octanol–water partition coefficient (Wildman–Crippen LogP) is 0.191. The molecule has 1 saturated carbocycles. The molecule has 5 nitrogen and oxygen atoms in total. The Balaban J connectivity index is 2.67. The zero-order chi connectivity index (χ0) is 14.1. The van der Waals surface area contributed by atoms with Gasteiger partial charge in [0.2, 0.25) is 5.91 Å². The number of carbonyl (C=O) groups is 2. The molecule has 0 aliphatic heterocycles. The number of aliphatic hydroxyl groups excluding tert-OH is 1. The Kier molecular flexibility index (Phi) is 4.50. The maximum absolute atomic E-state index is 12.1. The molecule has 0 aromatic heterocycles. The van der Waals surface area contributed by atoms with E-state index in [9.17, 15) is 14.7 Å². The number of primary amides is 1. The number of nitrogens with two attached hydrogens (primary N) is 2. The van der Waals surface area contributed by atoms with Gasteiger partial charge in [-0.05, 0) is 24.2 Å². The second-order valence-corrected chi connectivity index (χ2v) is 6.41. The van der Waals surface area contributed by atoms with Crippen LogP contribution in [0.2, 0.25) is 0 Å². The summed E-state index contributed by atoms with van der Waals surface area (Å²) in [6.07, 6.45) is 0.503. The fourth-order valence-electron chi connectivity index (χ4n) is 2.54. The first-order valence-electron chi connectivity index (χ1n) is 6.38. The summed E-state index contributed by atoms with van der Waals surface area (Å²) in [5.74, 6) is -1.07. The summed E-state index contributed by atoms with van der Waals surface area (Å²) in [6, 6.07) is -0.552. The topological polar surface area (TPSA) is 106 Å². The van der Waals surface area contributed by atoms with Gasteiger partial charge in [0.05, 0.1) is 12.1 Å². The van der Waals surface area contributed by atoms with E-state index in [4.69, 9.17) is 11.5 Å². The summed E-state index contributed by atoms with van der Waals surface area (Å²) >= 11 is 0. The van der Waals surface area contributed by atoms with Crippen LogP contribution >= 0.6 is 0 Å². The van der Waals surface area contributed by atoms with Crippen LogP contribution in [0.15, 0.2) is 0 Å². The third-order valence-electron chi connectivity index (χ3n) is 3.78. The third-order valence-corrected chi connectivity index (χ3v) is 3.78. The highest BCUT2D eigenvalue weighted by Crippen LogP contribution is 2.35. The fourth-order valence-corrected chi connectivity index (χ4v) is 2.54. The maximum Gasteiger partial charge on any atom is 0.220 e. The van der Waals surface area contributed by atoms with Crippen molar-refractivity contribution in [1.82, 2.24) is 0 Å². The molecule has 104 valence electrons. The molecule has 0 saturated heterocycles. The molecule has 1 rings (SSSR count). The number of aliphatic hydroxyl groups is 1. The Morgan fingerprint density at radius 1 is 1.33 bits per heavy atom. The number of hydrogen-bond donors (Lipinski definition) is 3. The summed E-state index contributed by atoms with van der Waals surface area (Å²) in [5, 5.41) is 9.58. The molecular formula is C13H24N2O3. The van der Waals surface area contributed by atoms with Crippen LogP contribution in [0.5, 0.6) is 0 Å². The van der Waals surface area contributed by atoms with Crippen LogP contribution in [0.1, 0.15) is 40.0 Å². The Labute approximate surface area is 108 Å². The van der Waals surface area contributed by atoms with E-state index < -0.39 is 24.0 Å². The second-order valence-electron chi connectivity index (χ2n) is 6.41. The molecule has 0 heterocycles. The van der Waals surface area contributed by atoms with Gasteiger partial charge in [0, 0.05) is 12.3 Å². The van der Waals surface area contributed by atoms with Crippen LogP contribution in [-0.2, 0) is 9.59 Å². The minimum atomic E-state index is -0.552. The number of amides is 1. The molecule has 0 radical (unpaired) electrons. The normalized spacial score (nSPS) is 30.2. The van der Waals surface area contributed by atoms with Crippen molar-refractivity contribution in [3.63, 3.8) is 0 Å². The summed E-state index contributed by atoms with van der Waals surface area (Å²) < 4.78 is 0. The lowest BCUT2D eigenvalue weighted by Crippen LogP contribution is -2.43. The van der Waals surface area contributed by atoms with Gasteiger partial charge in [0.1, 0.15) is 5.78 Å². The van der Waals surface area contributed by atoms with Crippen molar-refractivity contribution in [3.8, 4) is 0 Å². The Morgan fingerprint density at radius 2 is 1.89 bits per heavy atom. The number of rotatable bonds is 4. The number of hydrogen-bond acceptors (Lipinski definition) is 4. The SMILES string of the molecule is CC(C)(C)[C@H](N)C(=O)CC1CC(O)CC1C(N)=O. The van der Waals surface area contributed by atoms with Crippen molar-refractivity contribution in [1.29, 1.82) is 0 Å². The van der Waals surface area contributed by atoms with E-state index in [0.717, 1.165) is 0 Å². The molecule has 5 heteroatoms. The summed E-state index contributed by atoms with van der Waals surface area (Å²) in [7, 11) is 0. The lowest BCUT2D eigenvalue weighted by atomic mass is 9.80. The molecule has 4 atom stereocenters. The molecule has 1 aliphatic rings. The Hall–Kier alpha value is -0.940. The number of Topliss-reactive ketones (excluding diaryl/α,β-unsaturated/α-hetero) is 1. The zero-order valence-corrected chi connectivity index (χ0v) is 11.3. The first-order chi connectivity index (χ1) is 8.12. The molecule has 0 aromatic carbocycles. The lowest BCUT2D eigenvalue weighted by Gasteiger charge is -2.27. The third kappa shape index (κ3) is 3.53. The van der Waals surface area contributed by atoms with Crippen LogP contribution in [0.3, 0.4) is 0 Å². The minimum Gasteiger partial charge on any atom is -0.393 e. The Bertz CT molecular complexity index is 336. The fraction of sp³-hybridized carbons (Fsp3) is 0.846. The quantitative estimate of drug-likeness (QED) is 0.667. The average molecular weight is 256 g/mol. The highest BCUT2D eigenvalue weighted by molar-refractivity contribution is 5.86. The molecule has 1 amide bonds. The van der Waals surface area contributed by atoms with E-state index in [-0.39, 0.29) is 23.5 Å². The van der Waals surface area contributed by atoms with E-state index >= 15 is 0 Å². The molecule has 0 bridgehead atoms. The summed E-state index contributed by atoms with van der Waals surface area (Å²) in [5.41, 5.74) is 10.9. The van der Waals surface area contributed by atoms with Crippen LogP contribution < -0.4 is 11.5 Å². The first-order valence-corrected chi connectivity index (χ1v) is 6.38. The Morgan fingerprint density at radius 3 is 2.33 bits per heavy atom. The van der Waals surface area contributed by atoms with Gasteiger partial charge >= 0.3 is 0 Å². The van der Waals surface area contributed by atoms with Crippen molar-refractivity contribution in [2.75, 3.05) is 0 Å². The standard InChI is InChI=1S/C13H24N2O3/c1-13(2,3)11(14)10(17)5-7-4-8(16)6-9(7)12(15)18/h7-9,11,16H,4-6,14H2,1-3H3,(H2,15,18)/t7?,8?,9?,11-/m1/s1. The van der Waals surface area contributed by atoms with Gasteiger partial charge in [0.25, 0.3) is 0 Å². The molecule has 18 heavy (non-hydrogen) atoms. The predicted molar refractivity (Wildman–Crippen MR) is 68.5 cm³/mol. The van der Waals surface area contributed by atoms with E-state index in [2.05, 4.69) is 0 Å². The summed E-state index contributed by atoms with van der Waals surface area (Å²) in [6.45, 7) is 5.72.